The number of hydrogen-bond donors (Lipinski definition) is 1. The second kappa shape index (κ2) is 4.55. The summed E-state index contributed by atoms with van der Waals surface area (Å²) in [7, 11) is 0. The number of rotatable bonds is 1. The summed E-state index contributed by atoms with van der Waals surface area (Å²) in [6, 6.07) is 14.1. The number of aromatic nitrogens is 2. The van der Waals surface area contributed by atoms with Crippen LogP contribution in [0.3, 0.4) is 0 Å². The van der Waals surface area contributed by atoms with Crippen molar-refractivity contribution < 1.29 is 0 Å². The normalized spacial score (nSPS) is 11.0. The van der Waals surface area contributed by atoms with Gasteiger partial charge in [-0.25, -0.2) is 4.98 Å². The van der Waals surface area contributed by atoms with Crippen molar-refractivity contribution in [3.05, 3.63) is 50.5 Å². The molecule has 0 bridgehead atoms. The molecule has 0 radical (unpaired) electrons. The highest BCUT2D eigenvalue weighted by atomic mass is 127. The minimum atomic E-state index is 0.499. The van der Waals surface area contributed by atoms with Gasteiger partial charge < -0.3 is 5.73 Å². The maximum atomic E-state index is 6.03. The summed E-state index contributed by atoms with van der Waals surface area (Å²) in [6.07, 6.45) is 0. The van der Waals surface area contributed by atoms with Crippen molar-refractivity contribution in [2.75, 3.05) is 5.73 Å². The zero-order valence-corrected chi connectivity index (χ0v) is 13.0. The molecule has 0 aliphatic rings. The SMILES string of the molecule is Nc1nc2cc(I)ccc2n1-c1ccccc1Br. The molecular weight excluding hydrogens is 405 g/mol. The van der Waals surface area contributed by atoms with Gasteiger partial charge in [0, 0.05) is 8.04 Å². The Labute approximate surface area is 126 Å². The molecule has 0 atom stereocenters. The van der Waals surface area contributed by atoms with E-state index in [-0.39, 0.29) is 0 Å². The van der Waals surface area contributed by atoms with E-state index >= 15 is 0 Å². The first-order valence-electron chi connectivity index (χ1n) is 5.35. The van der Waals surface area contributed by atoms with E-state index in [2.05, 4.69) is 49.6 Å². The first-order chi connectivity index (χ1) is 8.66. The first kappa shape index (κ1) is 12.0. The van der Waals surface area contributed by atoms with Gasteiger partial charge in [0.25, 0.3) is 0 Å². The second-order valence-corrected chi connectivity index (χ2v) is 5.99. The Morgan fingerprint density at radius 1 is 1.17 bits per heavy atom. The lowest BCUT2D eigenvalue weighted by Gasteiger charge is -2.08. The van der Waals surface area contributed by atoms with Gasteiger partial charge in [0.2, 0.25) is 5.95 Å². The Morgan fingerprint density at radius 3 is 2.72 bits per heavy atom. The highest BCUT2D eigenvalue weighted by molar-refractivity contribution is 14.1. The van der Waals surface area contributed by atoms with Crippen LogP contribution in [0.15, 0.2) is 46.9 Å². The maximum Gasteiger partial charge on any atom is 0.205 e. The third-order valence-electron chi connectivity index (χ3n) is 2.74. The Balaban J connectivity index is 2.36. The molecule has 1 aromatic heterocycles. The van der Waals surface area contributed by atoms with E-state index in [0.717, 1.165) is 24.8 Å². The van der Waals surface area contributed by atoms with E-state index in [4.69, 9.17) is 5.73 Å². The number of hydrogen-bond acceptors (Lipinski definition) is 2. The molecule has 1 heterocycles. The topological polar surface area (TPSA) is 43.8 Å². The van der Waals surface area contributed by atoms with E-state index in [1.54, 1.807) is 0 Å². The second-order valence-electron chi connectivity index (χ2n) is 3.89. The zero-order chi connectivity index (χ0) is 12.7. The zero-order valence-electron chi connectivity index (χ0n) is 9.27. The van der Waals surface area contributed by atoms with Crippen LogP contribution in [0, 0.1) is 3.57 Å². The van der Waals surface area contributed by atoms with Gasteiger partial charge in [0.05, 0.1) is 16.7 Å². The van der Waals surface area contributed by atoms with Crippen LogP contribution in [-0.2, 0) is 0 Å². The lowest BCUT2D eigenvalue weighted by atomic mass is 10.3. The molecule has 0 spiro atoms. The van der Waals surface area contributed by atoms with Crippen molar-refractivity contribution in [2.45, 2.75) is 0 Å². The molecule has 0 aliphatic heterocycles. The van der Waals surface area contributed by atoms with Crippen molar-refractivity contribution >= 4 is 55.5 Å². The fraction of sp³-hybridized carbons (Fsp3) is 0. The van der Waals surface area contributed by atoms with Crippen molar-refractivity contribution in [2.24, 2.45) is 0 Å². The van der Waals surface area contributed by atoms with Gasteiger partial charge in [-0.3, -0.25) is 4.57 Å². The van der Waals surface area contributed by atoms with E-state index < -0.39 is 0 Å². The van der Waals surface area contributed by atoms with E-state index in [1.165, 1.54) is 0 Å². The number of imidazole rings is 1. The minimum Gasteiger partial charge on any atom is -0.369 e. The predicted octanol–water partition coefficient (Wildman–Crippen LogP) is 3.97. The maximum absolute atomic E-state index is 6.03. The molecule has 90 valence electrons. The molecule has 3 nitrogen and oxygen atoms in total. The monoisotopic (exact) mass is 413 g/mol. The average Bonchev–Trinajstić information content (AvgIpc) is 2.65. The largest absolute Gasteiger partial charge is 0.369 e. The van der Waals surface area contributed by atoms with E-state index in [1.807, 2.05) is 41.0 Å². The summed E-state index contributed by atoms with van der Waals surface area (Å²) >= 11 is 5.82. The van der Waals surface area contributed by atoms with Crippen LogP contribution in [0.1, 0.15) is 0 Å². The molecular formula is C13H9BrIN3. The minimum absolute atomic E-state index is 0.499. The molecule has 5 heteroatoms. The van der Waals surface area contributed by atoms with Crippen LogP contribution in [0.25, 0.3) is 16.7 Å². The highest BCUT2D eigenvalue weighted by Gasteiger charge is 2.11. The summed E-state index contributed by atoms with van der Waals surface area (Å²) < 4.78 is 4.10. The quantitative estimate of drug-likeness (QED) is 0.613. The number of nitrogens with two attached hydrogens (primary N) is 1. The molecule has 0 aliphatic carbocycles. The molecule has 3 rings (SSSR count). The van der Waals surface area contributed by atoms with Gasteiger partial charge in [0.15, 0.2) is 0 Å². The summed E-state index contributed by atoms with van der Waals surface area (Å²) in [6.45, 7) is 0. The number of nitrogens with zero attached hydrogens (tertiary/aromatic N) is 2. The van der Waals surface area contributed by atoms with Crippen molar-refractivity contribution in [1.82, 2.24) is 9.55 Å². The predicted molar refractivity (Wildman–Crippen MR) is 85.9 cm³/mol. The van der Waals surface area contributed by atoms with Crippen molar-refractivity contribution in [3.63, 3.8) is 0 Å². The smallest absolute Gasteiger partial charge is 0.205 e. The average molecular weight is 414 g/mol. The highest BCUT2D eigenvalue weighted by Crippen LogP contribution is 2.28. The molecule has 18 heavy (non-hydrogen) atoms. The van der Waals surface area contributed by atoms with E-state index in [0.29, 0.717) is 5.95 Å². The Hall–Kier alpha value is -1.08. The van der Waals surface area contributed by atoms with Gasteiger partial charge >= 0.3 is 0 Å². The van der Waals surface area contributed by atoms with Gasteiger partial charge in [-0.15, -0.1) is 0 Å². The van der Waals surface area contributed by atoms with Gasteiger partial charge in [-0.2, -0.15) is 0 Å². The van der Waals surface area contributed by atoms with Crippen LogP contribution in [0.5, 0.6) is 0 Å². The molecule has 0 saturated carbocycles. The van der Waals surface area contributed by atoms with Crippen LogP contribution in [0.4, 0.5) is 5.95 Å². The molecule has 3 aromatic rings. The number of fused-ring (bicyclic) bond motifs is 1. The van der Waals surface area contributed by atoms with E-state index in [9.17, 15) is 0 Å². The molecule has 0 saturated heterocycles. The summed E-state index contributed by atoms with van der Waals surface area (Å²) in [5.74, 6) is 0.499. The number of anilines is 1. The molecule has 0 unspecified atom stereocenters. The Kier molecular flexibility index (Phi) is 3.03. The molecule has 2 aromatic carbocycles. The first-order valence-corrected chi connectivity index (χ1v) is 7.22. The van der Waals surface area contributed by atoms with Crippen LogP contribution in [-0.4, -0.2) is 9.55 Å². The number of benzene rings is 2. The lowest BCUT2D eigenvalue weighted by Crippen LogP contribution is -2.01. The number of para-hydroxylation sites is 1. The Bertz CT molecular complexity index is 736. The Morgan fingerprint density at radius 2 is 1.94 bits per heavy atom. The summed E-state index contributed by atoms with van der Waals surface area (Å²) in [5.41, 5.74) is 8.96. The molecule has 0 fully saturated rings. The summed E-state index contributed by atoms with van der Waals surface area (Å²) in [4.78, 5) is 4.41. The molecule has 0 amide bonds. The van der Waals surface area contributed by atoms with Crippen LogP contribution >= 0.6 is 38.5 Å². The standard InChI is InChI=1S/C13H9BrIN3/c14-9-3-1-2-4-11(9)18-12-6-5-8(15)7-10(12)17-13(18)16/h1-7H,(H2,16,17). The van der Waals surface area contributed by atoms with Crippen molar-refractivity contribution in [1.29, 1.82) is 0 Å². The third kappa shape index (κ3) is 1.91. The van der Waals surface area contributed by atoms with Crippen LogP contribution < -0.4 is 5.73 Å². The summed E-state index contributed by atoms with van der Waals surface area (Å²) in [5, 5.41) is 0. The van der Waals surface area contributed by atoms with Crippen molar-refractivity contribution in [3.8, 4) is 5.69 Å². The van der Waals surface area contributed by atoms with Gasteiger partial charge in [-0.1, -0.05) is 12.1 Å². The van der Waals surface area contributed by atoms with Gasteiger partial charge in [0.1, 0.15) is 0 Å². The van der Waals surface area contributed by atoms with Crippen LogP contribution in [0.2, 0.25) is 0 Å². The number of halogens is 2. The number of nitrogen functional groups attached to an aromatic ring is 1. The fourth-order valence-electron chi connectivity index (χ4n) is 1.96. The lowest BCUT2D eigenvalue weighted by molar-refractivity contribution is 1.10. The molecule has 2 N–H and O–H groups in total. The van der Waals surface area contributed by atoms with Gasteiger partial charge in [-0.05, 0) is 68.9 Å². The fourth-order valence-corrected chi connectivity index (χ4v) is 2.90. The third-order valence-corrected chi connectivity index (χ3v) is 4.08.